The Labute approximate surface area is 92.8 Å². The van der Waals surface area contributed by atoms with Crippen LogP contribution in [-0.4, -0.2) is 20.8 Å². The maximum absolute atomic E-state index is 8.52. The van der Waals surface area contributed by atoms with Crippen LogP contribution in [-0.2, 0) is 0 Å². The molecule has 0 fully saturated rings. The average Bonchev–Trinajstić information content (AvgIpc) is 2.75. The van der Waals surface area contributed by atoms with Crippen LogP contribution in [0.25, 0.3) is 5.69 Å². The number of rotatable bonds is 2. The Kier molecular flexibility index (Phi) is 2.59. The summed E-state index contributed by atoms with van der Waals surface area (Å²) in [6, 6.07) is 9.21. The second-order valence-electron chi connectivity index (χ2n) is 3.43. The zero-order valence-corrected chi connectivity index (χ0v) is 8.83. The molecule has 0 saturated heterocycles. The van der Waals surface area contributed by atoms with E-state index in [1.807, 2.05) is 31.3 Å². The Morgan fingerprint density at radius 2 is 2.00 bits per heavy atom. The van der Waals surface area contributed by atoms with Gasteiger partial charge in [-0.1, -0.05) is 5.16 Å². The molecule has 5 heteroatoms. The van der Waals surface area contributed by atoms with Gasteiger partial charge in [-0.2, -0.15) is 5.10 Å². The molecule has 0 unspecified atom stereocenters. The Balaban J connectivity index is 2.33. The first-order valence-corrected chi connectivity index (χ1v) is 4.81. The van der Waals surface area contributed by atoms with E-state index >= 15 is 0 Å². The van der Waals surface area contributed by atoms with Gasteiger partial charge in [-0.05, 0) is 37.3 Å². The minimum atomic E-state index is 0.100. The maximum Gasteiger partial charge on any atom is 0.170 e. The van der Waals surface area contributed by atoms with Gasteiger partial charge < -0.3 is 10.9 Å². The Morgan fingerprint density at radius 3 is 2.50 bits per heavy atom. The number of hydrogen-bond donors (Lipinski definition) is 2. The van der Waals surface area contributed by atoms with E-state index in [1.54, 1.807) is 16.8 Å². The number of hydrogen-bond acceptors (Lipinski definition) is 3. The van der Waals surface area contributed by atoms with E-state index < -0.39 is 0 Å². The highest BCUT2D eigenvalue weighted by Crippen LogP contribution is 2.09. The van der Waals surface area contributed by atoms with Gasteiger partial charge in [-0.15, -0.1) is 0 Å². The van der Waals surface area contributed by atoms with Gasteiger partial charge in [-0.3, -0.25) is 0 Å². The zero-order valence-electron chi connectivity index (χ0n) is 8.83. The fourth-order valence-electron chi connectivity index (χ4n) is 1.40. The SMILES string of the molecule is Cc1ccn(-c2ccc(C(N)=NO)cc2)n1. The van der Waals surface area contributed by atoms with Gasteiger partial charge in [0.15, 0.2) is 5.84 Å². The topological polar surface area (TPSA) is 76.4 Å². The van der Waals surface area contributed by atoms with Crippen molar-refractivity contribution in [2.45, 2.75) is 6.92 Å². The third-order valence-electron chi connectivity index (χ3n) is 2.26. The summed E-state index contributed by atoms with van der Waals surface area (Å²) in [4.78, 5) is 0. The summed E-state index contributed by atoms with van der Waals surface area (Å²) >= 11 is 0. The first-order valence-electron chi connectivity index (χ1n) is 4.81. The van der Waals surface area contributed by atoms with Crippen LogP contribution in [0, 0.1) is 6.92 Å². The smallest absolute Gasteiger partial charge is 0.170 e. The molecule has 0 atom stereocenters. The minimum Gasteiger partial charge on any atom is -0.409 e. The fourth-order valence-corrected chi connectivity index (χ4v) is 1.40. The van der Waals surface area contributed by atoms with E-state index in [4.69, 9.17) is 10.9 Å². The first-order chi connectivity index (χ1) is 7.70. The van der Waals surface area contributed by atoms with E-state index in [-0.39, 0.29) is 5.84 Å². The van der Waals surface area contributed by atoms with E-state index in [1.165, 1.54) is 0 Å². The molecule has 2 rings (SSSR count). The lowest BCUT2D eigenvalue weighted by Crippen LogP contribution is -2.12. The van der Waals surface area contributed by atoms with Crippen LogP contribution >= 0.6 is 0 Å². The van der Waals surface area contributed by atoms with Crippen molar-refractivity contribution in [1.82, 2.24) is 9.78 Å². The van der Waals surface area contributed by atoms with E-state index in [2.05, 4.69) is 10.3 Å². The molecule has 5 nitrogen and oxygen atoms in total. The van der Waals surface area contributed by atoms with Crippen molar-refractivity contribution in [3.8, 4) is 5.69 Å². The van der Waals surface area contributed by atoms with Crippen LogP contribution < -0.4 is 5.73 Å². The molecule has 0 aliphatic heterocycles. The summed E-state index contributed by atoms with van der Waals surface area (Å²) in [7, 11) is 0. The number of nitrogens with two attached hydrogens (primary N) is 1. The molecule has 0 saturated carbocycles. The predicted octanol–water partition coefficient (Wildman–Crippen LogP) is 1.28. The molecule has 1 heterocycles. The van der Waals surface area contributed by atoms with Gasteiger partial charge in [0, 0.05) is 11.8 Å². The molecule has 2 aromatic rings. The molecule has 3 N–H and O–H groups in total. The quantitative estimate of drug-likeness (QED) is 0.343. The van der Waals surface area contributed by atoms with E-state index in [0.29, 0.717) is 5.56 Å². The van der Waals surface area contributed by atoms with Crippen LogP contribution in [0.15, 0.2) is 41.7 Å². The van der Waals surface area contributed by atoms with Crippen molar-refractivity contribution in [2.75, 3.05) is 0 Å². The lowest BCUT2D eigenvalue weighted by molar-refractivity contribution is 0.318. The summed E-state index contributed by atoms with van der Waals surface area (Å²) in [6.07, 6.45) is 1.88. The molecule has 82 valence electrons. The van der Waals surface area contributed by atoms with E-state index in [9.17, 15) is 0 Å². The first kappa shape index (κ1) is 10.2. The van der Waals surface area contributed by atoms with Gasteiger partial charge in [0.05, 0.1) is 11.4 Å². The summed E-state index contributed by atoms with van der Waals surface area (Å²) in [5.41, 5.74) is 8.03. The summed E-state index contributed by atoms with van der Waals surface area (Å²) in [5, 5.41) is 15.7. The van der Waals surface area contributed by atoms with E-state index in [0.717, 1.165) is 11.4 Å². The van der Waals surface area contributed by atoms with Crippen molar-refractivity contribution in [3.63, 3.8) is 0 Å². The molecule has 0 spiro atoms. The molecule has 0 amide bonds. The number of oxime groups is 1. The van der Waals surface area contributed by atoms with Crippen LogP contribution in [0.2, 0.25) is 0 Å². The van der Waals surface area contributed by atoms with Crippen molar-refractivity contribution >= 4 is 5.84 Å². The molecular weight excluding hydrogens is 204 g/mol. The molecule has 0 bridgehead atoms. The molecule has 0 radical (unpaired) electrons. The van der Waals surface area contributed by atoms with Crippen LogP contribution in [0.1, 0.15) is 11.3 Å². The largest absolute Gasteiger partial charge is 0.409 e. The molecule has 1 aromatic heterocycles. The highest BCUT2D eigenvalue weighted by atomic mass is 16.4. The summed E-state index contributed by atoms with van der Waals surface area (Å²) in [6.45, 7) is 1.93. The molecule has 1 aromatic carbocycles. The molecular formula is C11H12N4O. The van der Waals surface area contributed by atoms with Crippen LogP contribution in [0.4, 0.5) is 0 Å². The third kappa shape index (κ3) is 1.88. The number of amidine groups is 1. The van der Waals surface area contributed by atoms with Crippen LogP contribution in [0.5, 0.6) is 0 Å². The molecule has 0 aliphatic rings. The number of nitrogens with zero attached hydrogens (tertiary/aromatic N) is 3. The average molecular weight is 216 g/mol. The molecule has 16 heavy (non-hydrogen) atoms. The van der Waals surface area contributed by atoms with Crippen molar-refractivity contribution in [2.24, 2.45) is 10.9 Å². The van der Waals surface area contributed by atoms with Gasteiger partial charge in [0.1, 0.15) is 0 Å². The summed E-state index contributed by atoms with van der Waals surface area (Å²) in [5.74, 6) is 0.100. The Morgan fingerprint density at radius 1 is 1.31 bits per heavy atom. The van der Waals surface area contributed by atoms with Crippen molar-refractivity contribution in [3.05, 3.63) is 47.8 Å². The lowest BCUT2D eigenvalue weighted by atomic mass is 10.2. The van der Waals surface area contributed by atoms with Gasteiger partial charge >= 0.3 is 0 Å². The van der Waals surface area contributed by atoms with Gasteiger partial charge in [-0.25, -0.2) is 4.68 Å². The predicted molar refractivity (Wildman–Crippen MR) is 60.8 cm³/mol. The monoisotopic (exact) mass is 216 g/mol. The third-order valence-corrected chi connectivity index (χ3v) is 2.26. The Bertz CT molecular complexity index is 513. The van der Waals surface area contributed by atoms with Crippen molar-refractivity contribution in [1.29, 1.82) is 0 Å². The second-order valence-corrected chi connectivity index (χ2v) is 3.43. The Hall–Kier alpha value is -2.30. The number of benzene rings is 1. The standard InChI is InChI=1S/C11H12N4O/c1-8-6-7-15(13-8)10-4-2-9(3-5-10)11(12)14-16/h2-7,16H,1H3,(H2,12,14). The highest BCUT2D eigenvalue weighted by Gasteiger charge is 2.01. The fraction of sp³-hybridized carbons (Fsp3) is 0.0909. The zero-order chi connectivity index (χ0) is 11.5. The number of aromatic nitrogens is 2. The number of aryl methyl sites for hydroxylation is 1. The van der Waals surface area contributed by atoms with Crippen LogP contribution in [0.3, 0.4) is 0 Å². The maximum atomic E-state index is 8.52. The van der Waals surface area contributed by atoms with Gasteiger partial charge in [0.25, 0.3) is 0 Å². The highest BCUT2D eigenvalue weighted by molar-refractivity contribution is 5.97. The normalized spacial score (nSPS) is 11.7. The lowest BCUT2D eigenvalue weighted by Gasteiger charge is -2.02. The second kappa shape index (κ2) is 4.06. The van der Waals surface area contributed by atoms with Gasteiger partial charge in [0.2, 0.25) is 0 Å². The minimum absolute atomic E-state index is 0.100. The van der Waals surface area contributed by atoms with Crippen molar-refractivity contribution < 1.29 is 5.21 Å². The molecule has 0 aliphatic carbocycles. The summed E-state index contributed by atoms with van der Waals surface area (Å²) < 4.78 is 1.77.